The molecule has 1 amide bonds. The minimum atomic E-state index is -0.269. The van der Waals surface area contributed by atoms with Crippen molar-refractivity contribution in [2.75, 3.05) is 26.7 Å². The molecule has 0 aromatic heterocycles. The van der Waals surface area contributed by atoms with E-state index in [0.29, 0.717) is 19.0 Å². The lowest BCUT2D eigenvalue weighted by Crippen LogP contribution is -2.38. The van der Waals surface area contributed by atoms with Gasteiger partial charge in [-0.2, -0.15) is 0 Å². The fourth-order valence-corrected chi connectivity index (χ4v) is 1.29. The summed E-state index contributed by atoms with van der Waals surface area (Å²) in [7, 11) is 1.78. The van der Waals surface area contributed by atoms with E-state index in [-0.39, 0.29) is 12.0 Å². The lowest BCUT2D eigenvalue weighted by molar-refractivity contribution is -0.128. The van der Waals surface area contributed by atoms with E-state index in [9.17, 15) is 9.90 Å². The highest BCUT2D eigenvalue weighted by Crippen LogP contribution is 2.32. The summed E-state index contributed by atoms with van der Waals surface area (Å²) in [5.41, 5.74) is 0. The first-order valence-electron chi connectivity index (χ1n) is 5.28. The fourth-order valence-electron chi connectivity index (χ4n) is 1.29. The van der Waals surface area contributed by atoms with Crippen molar-refractivity contribution in [2.24, 2.45) is 5.92 Å². The van der Waals surface area contributed by atoms with Gasteiger partial charge < -0.3 is 15.3 Å². The van der Waals surface area contributed by atoms with Crippen molar-refractivity contribution in [2.45, 2.75) is 25.9 Å². The molecule has 14 heavy (non-hydrogen) atoms. The zero-order valence-electron chi connectivity index (χ0n) is 8.99. The number of nitrogens with one attached hydrogen (secondary N) is 1. The smallest absolute Gasteiger partial charge is 0.236 e. The predicted molar refractivity (Wildman–Crippen MR) is 54.9 cm³/mol. The lowest BCUT2D eigenvalue weighted by atomic mass is 10.2. The summed E-state index contributed by atoms with van der Waals surface area (Å²) in [6, 6.07) is 0. The van der Waals surface area contributed by atoms with Crippen LogP contribution in [-0.2, 0) is 4.79 Å². The third kappa shape index (κ3) is 3.64. The van der Waals surface area contributed by atoms with Crippen LogP contribution >= 0.6 is 0 Å². The molecule has 1 saturated carbocycles. The summed E-state index contributed by atoms with van der Waals surface area (Å²) in [6.07, 6.45) is 1.99. The number of nitrogens with zero attached hydrogens (tertiary/aromatic N) is 1. The van der Waals surface area contributed by atoms with Crippen molar-refractivity contribution < 1.29 is 9.90 Å². The largest absolute Gasteiger partial charge is 0.392 e. The van der Waals surface area contributed by atoms with Crippen LogP contribution in [0.25, 0.3) is 0 Å². The standard InChI is InChI=1S/C10H20N2O2/c1-3-12(2)10(14)7-11-6-9(13)8-4-5-8/h8-9,11,13H,3-7H2,1-2H3. The summed E-state index contributed by atoms with van der Waals surface area (Å²) < 4.78 is 0. The van der Waals surface area contributed by atoms with E-state index < -0.39 is 0 Å². The van der Waals surface area contributed by atoms with Crippen LogP contribution in [0.2, 0.25) is 0 Å². The second-order valence-corrected chi connectivity index (χ2v) is 3.94. The van der Waals surface area contributed by atoms with Crippen molar-refractivity contribution in [1.82, 2.24) is 10.2 Å². The van der Waals surface area contributed by atoms with Gasteiger partial charge in [-0.25, -0.2) is 0 Å². The quantitative estimate of drug-likeness (QED) is 0.625. The minimum Gasteiger partial charge on any atom is -0.392 e. The van der Waals surface area contributed by atoms with Crippen LogP contribution in [0.15, 0.2) is 0 Å². The van der Waals surface area contributed by atoms with E-state index in [0.717, 1.165) is 19.4 Å². The topological polar surface area (TPSA) is 52.6 Å². The Morgan fingerprint density at radius 3 is 2.79 bits per heavy atom. The van der Waals surface area contributed by atoms with Crippen LogP contribution in [0.5, 0.6) is 0 Å². The Balaban J connectivity index is 2.04. The van der Waals surface area contributed by atoms with Crippen molar-refractivity contribution >= 4 is 5.91 Å². The minimum absolute atomic E-state index is 0.0792. The summed E-state index contributed by atoms with van der Waals surface area (Å²) in [4.78, 5) is 13.0. The molecule has 1 rings (SSSR count). The Morgan fingerprint density at radius 1 is 1.64 bits per heavy atom. The SMILES string of the molecule is CCN(C)C(=O)CNCC(O)C1CC1. The zero-order chi connectivity index (χ0) is 10.6. The van der Waals surface area contributed by atoms with Crippen LogP contribution in [0.1, 0.15) is 19.8 Å². The monoisotopic (exact) mass is 200 g/mol. The van der Waals surface area contributed by atoms with Crippen molar-refractivity contribution in [3.05, 3.63) is 0 Å². The molecule has 0 aliphatic heterocycles. The molecule has 0 radical (unpaired) electrons. The second-order valence-electron chi connectivity index (χ2n) is 3.94. The van der Waals surface area contributed by atoms with E-state index >= 15 is 0 Å². The normalized spacial score (nSPS) is 17.9. The van der Waals surface area contributed by atoms with Gasteiger partial charge in [0.15, 0.2) is 0 Å². The van der Waals surface area contributed by atoms with E-state index in [2.05, 4.69) is 5.32 Å². The van der Waals surface area contributed by atoms with Gasteiger partial charge in [0.25, 0.3) is 0 Å². The van der Waals surface area contributed by atoms with Crippen LogP contribution in [0.4, 0.5) is 0 Å². The summed E-state index contributed by atoms with van der Waals surface area (Å²) in [5, 5.41) is 12.5. The van der Waals surface area contributed by atoms with Gasteiger partial charge in [0, 0.05) is 20.1 Å². The average molecular weight is 200 g/mol. The van der Waals surface area contributed by atoms with Gasteiger partial charge in [0.05, 0.1) is 12.6 Å². The Kier molecular flexibility index (Phi) is 4.35. The molecule has 1 fully saturated rings. The highest BCUT2D eigenvalue weighted by atomic mass is 16.3. The molecule has 82 valence electrons. The molecule has 0 aromatic rings. The number of likely N-dealkylation sites (N-methyl/N-ethyl adjacent to an activating group) is 1. The van der Waals surface area contributed by atoms with Crippen molar-refractivity contribution in [3.8, 4) is 0 Å². The highest BCUT2D eigenvalue weighted by molar-refractivity contribution is 5.77. The summed E-state index contributed by atoms with van der Waals surface area (Å²) in [5.74, 6) is 0.553. The number of aliphatic hydroxyl groups excluding tert-OH is 1. The first kappa shape index (κ1) is 11.5. The van der Waals surface area contributed by atoms with Gasteiger partial charge in [-0.15, -0.1) is 0 Å². The molecule has 2 N–H and O–H groups in total. The molecular formula is C10H20N2O2. The average Bonchev–Trinajstić information content (AvgIpc) is 2.99. The second kappa shape index (κ2) is 5.32. The van der Waals surface area contributed by atoms with Crippen molar-refractivity contribution in [1.29, 1.82) is 0 Å². The summed E-state index contributed by atoms with van der Waals surface area (Å²) >= 11 is 0. The third-order valence-electron chi connectivity index (χ3n) is 2.70. The van der Waals surface area contributed by atoms with Crippen LogP contribution in [-0.4, -0.2) is 48.7 Å². The Labute approximate surface area is 85.3 Å². The van der Waals surface area contributed by atoms with Crippen LogP contribution in [0, 0.1) is 5.92 Å². The molecule has 0 aromatic carbocycles. The Morgan fingerprint density at radius 2 is 2.29 bits per heavy atom. The molecule has 4 nitrogen and oxygen atoms in total. The Bertz CT molecular complexity index is 193. The van der Waals surface area contributed by atoms with Gasteiger partial charge in [0.1, 0.15) is 0 Å². The number of hydrogen-bond donors (Lipinski definition) is 2. The van der Waals surface area contributed by atoms with Crippen LogP contribution in [0.3, 0.4) is 0 Å². The molecule has 1 unspecified atom stereocenters. The van der Waals surface area contributed by atoms with Gasteiger partial charge >= 0.3 is 0 Å². The molecule has 1 aliphatic rings. The molecule has 0 saturated heterocycles. The molecular weight excluding hydrogens is 180 g/mol. The maximum absolute atomic E-state index is 11.3. The lowest BCUT2D eigenvalue weighted by Gasteiger charge is -2.16. The number of carbonyl (C=O) groups excluding carboxylic acids is 1. The first-order valence-corrected chi connectivity index (χ1v) is 5.28. The van der Waals surface area contributed by atoms with Gasteiger partial charge in [-0.3, -0.25) is 4.79 Å². The van der Waals surface area contributed by atoms with E-state index in [1.54, 1.807) is 11.9 Å². The van der Waals surface area contributed by atoms with Gasteiger partial charge in [0.2, 0.25) is 5.91 Å². The molecule has 0 bridgehead atoms. The zero-order valence-corrected chi connectivity index (χ0v) is 8.99. The first-order chi connectivity index (χ1) is 6.65. The number of carbonyl (C=O) groups is 1. The number of rotatable bonds is 6. The van der Waals surface area contributed by atoms with E-state index in [1.165, 1.54) is 0 Å². The highest BCUT2D eigenvalue weighted by Gasteiger charge is 2.29. The molecule has 0 spiro atoms. The number of hydrogen-bond acceptors (Lipinski definition) is 3. The molecule has 0 heterocycles. The Hall–Kier alpha value is -0.610. The van der Waals surface area contributed by atoms with Gasteiger partial charge in [-0.05, 0) is 25.7 Å². The third-order valence-corrected chi connectivity index (χ3v) is 2.70. The molecule has 4 heteroatoms. The molecule has 1 aliphatic carbocycles. The van der Waals surface area contributed by atoms with E-state index in [4.69, 9.17) is 0 Å². The molecule has 1 atom stereocenters. The fraction of sp³-hybridized carbons (Fsp3) is 0.900. The number of amides is 1. The van der Waals surface area contributed by atoms with Crippen molar-refractivity contribution in [3.63, 3.8) is 0 Å². The van der Waals surface area contributed by atoms with Crippen LogP contribution < -0.4 is 5.32 Å². The maximum Gasteiger partial charge on any atom is 0.236 e. The van der Waals surface area contributed by atoms with Gasteiger partial charge in [-0.1, -0.05) is 0 Å². The summed E-state index contributed by atoms with van der Waals surface area (Å²) in [6.45, 7) is 3.53. The number of aliphatic hydroxyl groups is 1. The van der Waals surface area contributed by atoms with E-state index in [1.807, 2.05) is 6.92 Å². The maximum atomic E-state index is 11.3. The predicted octanol–water partition coefficient (Wildman–Crippen LogP) is -0.175.